The van der Waals surface area contributed by atoms with Crippen molar-refractivity contribution in [3.63, 3.8) is 0 Å². The van der Waals surface area contributed by atoms with E-state index in [-0.39, 0.29) is 16.7 Å². The Kier molecular flexibility index (Phi) is 5.56. The van der Waals surface area contributed by atoms with Gasteiger partial charge in [-0.05, 0) is 43.6 Å². The Morgan fingerprint density at radius 3 is 2.41 bits per heavy atom. The maximum Gasteiger partial charge on any atom is 0.233 e. The van der Waals surface area contributed by atoms with Crippen LogP contribution in [0, 0.1) is 0 Å². The molecule has 0 N–H and O–H groups in total. The molecule has 1 heterocycles. The lowest BCUT2D eigenvalue weighted by Gasteiger charge is -2.26. The third-order valence-corrected chi connectivity index (χ3v) is 5.29. The molecule has 4 heteroatoms. The maximum absolute atomic E-state index is 12.2. The van der Waals surface area contributed by atoms with Crippen LogP contribution in [0.2, 0.25) is 0 Å². The molecule has 0 saturated carbocycles. The molecule has 0 aromatic heterocycles. The van der Waals surface area contributed by atoms with Crippen LogP contribution >= 0.6 is 11.8 Å². The molecule has 0 radical (unpaired) electrons. The summed E-state index contributed by atoms with van der Waals surface area (Å²) >= 11 is 1.75. The van der Waals surface area contributed by atoms with Gasteiger partial charge in [-0.25, -0.2) is 0 Å². The van der Waals surface area contributed by atoms with Crippen molar-refractivity contribution in [2.24, 2.45) is 0 Å². The number of amides is 1. The predicted octanol–water partition coefficient (Wildman–Crippen LogP) is 3.51. The molecule has 1 atom stereocenters. The molecule has 0 aliphatic carbocycles. The fourth-order valence-electron chi connectivity index (χ4n) is 2.68. The van der Waals surface area contributed by atoms with Crippen LogP contribution in [-0.4, -0.2) is 48.6 Å². The molecule has 1 amide bonds. The molecule has 1 aliphatic rings. The Balaban J connectivity index is 2.07. The highest BCUT2D eigenvalue weighted by molar-refractivity contribution is 8.00. The number of hydrogen-bond acceptors (Lipinski definition) is 3. The van der Waals surface area contributed by atoms with Crippen molar-refractivity contribution in [1.29, 1.82) is 0 Å². The fourth-order valence-corrected chi connectivity index (χ4v) is 3.90. The van der Waals surface area contributed by atoms with Gasteiger partial charge >= 0.3 is 0 Å². The average molecular weight is 321 g/mol. The Hall–Kier alpha value is -1.00. The lowest BCUT2D eigenvalue weighted by atomic mass is 9.86. The van der Waals surface area contributed by atoms with Gasteiger partial charge in [-0.2, -0.15) is 0 Å². The largest absolute Gasteiger partial charge is 0.326 e. The summed E-state index contributed by atoms with van der Waals surface area (Å²) in [6.45, 7) is 8.54. The highest BCUT2D eigenvalue weighted by Crippen LogP contribution is 2.39. The van der Waals surface area contributed by atoms with E-state index in [1.807, 2.05) is 4.90 Å². The standard InChI is InChI=1S/C18H28N2OS/c1-18(2,3)15-9-7-14(8-10-15)17-20(16(21)13-22-17)12-6-11-19(4)5/h7-10,17H,6,11-13H2,1-5H3. The van der Waals surface area contributed by atoms with Crippen LogP contribution < -0.4 is 0 Å². The zero-order chi connectivity index (χ0) is 16.3. The number of thioether (sulfide) groups is 1. The molecule has 0 bridgehead atoms. The first-order chi connectivity index (χ1) is 10.3. The van der Waals surface area contributed by atoms with Gasteiger partial charge in [0.1, 0.15) is 5.37 Å². The Bertz CT molecular complexity index is 505. The first-order valence-electron chi connectivity index (χ1n) is 7.95. The lowest BCUT2D eigenvalue weighted by molar-refractivity contribution is -0.128. The fraction of sp³-hybridized carbons (Fsp3) is 0.611. The average Bonchev–Trinajstić information content (AvgIpc) is 2.79. The van der Waals surface area contributed by atoms with Gasteiger partial charge in [0, 0.05) is 6.54 Å². The summed E-state index contributed by atoms with van der Waals surface area (Å²) < 4.78 is 0. The summed E-state index contributed by atoms with van der Waals surface area (Å²) in [6.07, 6.45) is 1.02. The van der Waals surface area contributed by atoms with Crippen LogP contribution in [0.15, 0.2) is 24.3 Å². The Labute approximate surface area is 139 Å². The van der Waals surface area contributed by atoms with Crippen LogP contribution in [0.5, 0.6) is 0 Å². The van der Waals surface area contributed by atoms with Crippen molar-refractivity contribution in [2.75, 3.05) is 32.9 Å². The summed E-state index contributed by atoms with van der Waals surface area (Å²) in [4.78, 5) is 16.4. The number of carbonyl (C=O) groups excluding carboxylic acids is 1. The molecule has 1 fully saturated rings. The number of hydrogen-bond donors (Lipinski definition) is 0. The van der Waals surface area contributed by atoms with Gasteiger partial charge in [0.2, 0.25) is 5.91 Å². The molecule has 1 aromatic rings. The van der Waals surface area contributed by atoms with Gasteiger partial charge in [0.15, 0.2) is 0 Å². The number of nitrogens with zero attached hydrogens (tertiary/aromatic N) is 2. The normalized spacial score (nSPS) is 19.3. The predicted molar refractivity (Wildman–Crippen MR) is 95.2 cm³/mol. The van der Waals surface area contributed by atoms with E-state index < -0.39 is 0 Å². The molecule has 2 rings (SSSR count). The minimum Gasteiger partial charge on any atom is -0.326 e. The van der Waals surface area contributed by atoms with E-state index in [4.69, 9.17) is 0 Å². The molecule has 1 aromatic carbocycles. The van der Waals surface area contributed by atoms with Gasteiger partial charge in [-0.15, -0.1) is 11.8 Å². The monoisotopic (exact) mass is 320 g/mol. The molecule has 122 valence electrons. The van der Waals surface area contributed by atoms with Crippen LogP contribution in [0.1, 0.15) is 43.7 Å². The van der Waals surface area contributed by atoms with Crippen molar-refractivity contribution in [3.05, 3.63) is 35.4 Å². The maximum atomic E-state index is 12.2. The van der Waals surface area contributed by atoms with Gasteiger partial charge in [0.05, 0.1) is 5.75 Å². The molecular formula is C18H28N2OS. The molecule has 3 nitrogen and oxygen atoms in total. The van der Waals surface area contributed by atoms with E-state index >= 15 is 0 Å². The van der Waals surface area contributed by atoms with Crippen molar-refractivity contribution >= 4 is 17.7 Å². The van der Waals surface area contributed by atoms with E-state index in [1.165, 1.54) is 11.1 Å². The highest BCUT2D eigenvalue weighted by atomic mass is 32.2. The highest BCUT2D eigenvalue weighted by Gasteiger charge is 2.32. The summed E-state index contributed by atoms with van der Waals surface area (Å²) in [6, 6.07) is 8.79. The summed E-state index contributed by atoms with van der Waals surface area (Å²) in [7, 11) is 4.15. The van der Waals surface area contributed by atoms with E-state index in [0.717, 1.165) is 19.5 Å². The first-order valence-corrected chi connectivity index (χ1v) is 9.00. The zero-order valence-corrected chi connectivity index (χ0v) is 15.2. The van der Waals surface area contributed by atoms with E-state index in [9.17, 15) is 4.79 Å². The molecule has 1 saturated heterocycles. The van der Waals surface area contributed by atoms with Crippen molar-refractivity contribution in [3.8, 4) is 0 Å². The number of carbonyl (C=O) groups is 1. The second-order valence-corrected chi connectivity index (χ2v) is 8.35. The van der Waals surface area contributed by atoms with Crippen LogP contribution in [-0.2, 0) is 10.2 Å². The SMILES string of the molecule is CN(C)CCCN1C(=O)CSC1c1ccc(C(C)(C)C)cc1. The third kappa shape index (κ3) is 4.26. The van der Waals surface area contributed by atoms with Gasteiger partial charge in [0.25, 0.3) is 0 Å². The van der Waals surface area contributed by atoms with E-state index in [0.29, 0.717) is 5.75 Å². The van der Waals surface area contributed by atoms with Gasteiger partial charge in [-0.1, -0.05) is 45.0 Å². The quantitative estimate of drug-likeness (QED) is 0.829. The first kappa shape index (κ1) is 17.4. The smallest absolute Gasteiger partial charge is 0.233 e. The molecule has 1 unspecified atom stereocenters. The summed E-state index contributed by atoms with van der Waals surface area (Å²) in [5.74, 6) is 0.877. The molecule has 22 heavy (non-hydrogen) atoms. The van der Waals surface area contributed by atoms with E-state index in [2.05, 4.69) is 64.0 Å². The lowest BCUT2D eigenvalue weighted by Crippen LogP contribution is -2.31. The van der Waals surface area contributed by atoms with Crippen LogP contribution in [0.25, 0.3) is 0 Å². The van der Waals surface area contributed by atoms with Crippen LogP contribution in [0.4, 0.5) is 0 Å². The molecule has 0 spiro atoms. The molecular weight excluding hydrogens is 292 g/mol. The van der Waals surface area contributed by atoms with Crippen molar-refractivity contribution in [2.45, 2.75) is 38.0 Å². The number of rotatable bonds is 5. The second kappa shape index (κ2) is 7.05. The zero-order valence-electron chi connectivity index (χ0n) is 14.4. The minimum atomic E-state index is 0.169. The third-order valence-electron chi connectivity index (χ3n) is 4.03. The number of benzene rings is 1. The van der Waals surface area contributed by atoms with Crippen molar-refractivity contribution < 1.29 is 4.79 Å². The summed E-state index contributed by atoms with van der Waals surface area (Å²) in [5, 5.41) is 0.184. The van der Waals surface area contributed by atoms with Crippen molar-refractivity contribution in [1.82, 2.24) is 9.80 Å². The van der Waals surface area contributed by atoms with E-state index in [1.54, 1.807) is 11.8 Å². The topological polar surface area (TPSA) is 23.6 Å². The Morgan fingerprint density at radius 2 is 1.86 bits per heavy atom. The molecule has 1 aliphatic heterocycles. The van der Waals surface area contributed by atoms with Crippen LogP contribution in [0.3, 0.4) is 0 Å². The summed E-state index contributed by atoms with van der Waals surface area (Å²) in [5.41, 5.74) is 2.75. The van der Waals surface area contributed by atoms with Gasteiger partial charge < -0.3 is 9.80 Å². The Morgan fingerprint density at radius 1 is 1.23 bits per heavy atom. The second-order valence-electron chi connectivity index (χ2n) is 7.28. The minimum absolute atomic E-state index is 0.169. The van der Waals surface area contributed by atoms with Gasteiger partial charge in [-0.3, -0.25) is 4.79 Å².